The molecule has 0 aromatic carbocycles. The smallest absolute Gasteiger partial charge is 0.251 e. The monoisotopic (exact) mass is 454 g/mol. The van der Waals surface area contributed by atoms with Crippen LogP contribution >= 0.6 is 0 Å². The minimum Gasteiger partial charge on any atom is -0.356 e. The van der Waals surface area contributed by atoms with Gasteiger partial charge in [0.15, 0.2) is 0 Å². The zero-order valence-electron chi connectivity index (χ0n) is 20.1. The molecule has 2 aliphatic rings. The first-order chi connectivity index (χ1) is 16.0. The number of likely N-dealkylation sites (tertiary alicyclic amines) is 1. The highest BCUT2D eigenvalue weighted by molar-refractivity contribution is 5.98. The van der Waals surface area contributed by atoms with Gasteiger partial charge >= 0.3 is 0 Å². The number of carbonyl (C=O) groups is 3. The zero-order chi connectivity index (χ0) is 23.6. The summed E-state index contributed by atoms with van der Waals surface area (Å²) in [6.07, 6.45) is 9.03. The number of pyridine rings is 1. The van der Waals surface area contributed by atoms with E-state index >= 15 is 0 Å². The van der Waals surface area contributed by atoms with E-state index in [1.54, 1.807) is 11.1 Å². The number of unbranched alkanes of at least 4 members (excludes halogenated alkanes) is 1. The summed E-state index contributed by atoms with van der Waals surface area (Å²) in [5.41, 5.74) is 2.40. The van der Waals surface area contributed by atoms with Crippen molar-refractivity contribution in [1.82, 2.24) is 20.1 Å². The summed E-state index contributed by atoms with van der Waals surface area (Å²) in [6.45, 7) is 6.60. The Bertz CT molecular complexity index is 844. The van der Waals surface area contributed by atoms with Gasteiger partial charge in [-0.05, 0) is 44.7 Å². The Balaban J connectivity index is 1.67. The van der Waals surface area contributed by atoms with Crippen molar-refractivity contribution in [2.45, 2.75) is 71.6 Å². The number of aromatic nitrogens is 1. The maximum Gasteiger partial charge on any atom is 0.251 e. The number of allylic oxidation sites excluding steroid dienone is 1. The fourth-order valence-corrected chi connectivity index (χ4v) is 4.66. The number of amides is 3. The number of hydrogen-bond acceptors (Lipinski definition) is 4. The normalized spacial score (nSPS) is 19.5. The largest absolute Gasteiger partial charge is 0.356 e. The van der Waals surface area contributed by atoms with E-state index in [0.29, 0.717) is 31.5 Å². The van der Waals surface area contributed by atoms with Crippen molar-refractivity contribution in [2.75, 3.05) is 26.2 Å². The first kappa shape index (κ1) is 24.9. The maximum atomic E-state index is 13.4. The topological polar surface area (TPSA) is 82.6 Å². The van der Waals surface area contributed by atoms with Crippen LogP contribution in [0.1, 0.15) is 70.9 Å². The lowest BCUT2D eigenvalue weighted by Gasteiger charge is -2.36. The molecule has 33 heavy (non-hydrogen) atoms. The molecule has 3 heterocycles. The van der Waals surface area contributed by atoms with Crippen molar-refractivity contribution in [2.24, 2.45) is 5.92 Å². The van der Waals surface area contributed by atoms with E-state index in [-0.39, 0.29) is 24.1 Å². The molecule has 1 atom stereocenters. The number of rotatable bonds is 9. The molecule has 7 heteroatoms. The molecule has 0 bridgehead atoms. The summed E-state index contributed by atoms with van der Waals surface area (Å²) >= 11 is 0. The maximum absolute atomic E-state index is 13.4. The van der Waals surface area contributed by atoms with Gasteiger partial charge in [-0.2, -0.15) is 0 Å². The Kier molecular flexibility index (Phi) is 9.46. The molecule has 1 unspecified atom stereocenters. The minimum absolute atomic E-state index is 0.0340. The summed E-state index contributed by atoms with van der Waals surface area (Å²) in [7, 11) is 0. The number of hydrogen-bond donors (Lipinski definition) is 1. The van der Waals surface area contributed by atoms with E-state index in [4.69, 9.17) is 0 Å². The summed E-state index contributed by atoms with van der Waals surface area (Å²) in [5, 5.41) is 2.92. The predicted octanol–water partition coefficient (Wildman–Crippen LogP) is 3.46. The second-order valence-electron chi connectivity index (χ2n) is 9.14. The molecular formula is C26H38N4O3. The standard InChI is InChI=1S/C26H38N4O3/c1-3-4-17-30-20(2)23(26(33)29-15-9-5-6-10-16-29)18-21(25(30)32)19-24(31)28-14-12-22-11-7-8-13-27-22/h7-8,11,13,21H,3-6,9-10,12,14-19H2,1-2H3,(H,28,31). The van der Waals surface area contributed by atoms with Crippen LogP contribution < -0.4 is 5.32 Å². The van der Waals surface area contributed by atoms with Gasteiger partial charge in [0.25, 0.3) is 5.91 Å². The second kappa shape index (κ2) is 12.5. The van der Waals surface area contributed by atoms with Crippen molar-refractivity contribution in [3.8, 4) is 0 Å². The third kappa shape index (κ3) is 6.89. The van der Waals surface area contributed by atoms with Gasteiger partial charge in [0.05, 0.1) is 5.92 Å². The molecule has 0 spiro atoms. The molecule has 1 aromatic rings. The van der Waals surface area contributed by atoms with Crippen LogP contribution in [0, 0.1) is 5.92 Å². The van der Waals surface area contributed by atoms with Crippen LogP contribution in [0.25, 0.3) is 0 Å². The minimum atomic E-state index is -0.494. The van der Waals surface area contributed by atoms with Gasteiger partial charge in [-0.15, -0.1) is 0 Å². The molecule has 0 saturated carbocycles. The fourth-order valence-electron chi connectivity index (χ4n) is 4.66. The summed E-state index contributed by atoms with van der Waals surface area (Å²) in [6, 6.07) is 5.71. The van der Waals surface area contributed by atoms with Crippen molar-refractivity contribution in [3.05, 3.63) is 41.4 Å². The highest BCUT2D eigenvalue weighted by Gasteiger charge is 2.37. The Morgan fingerprint density at radius 3 is 2.58 bits per heavy atom. The molecule has 1 fully saturated rings. The number of carbonyl (C=O) groups excluding carboxylic acids is 3. The van der Waals surface area contributed by atoms with Gasteiger partial charge in [0.1, 0.15) is 0 Å². The lowest BCUT2D eigenvalue weighted by Crippen LogP contribution is -2.45. The SMILES string of the molecule is CCCCN1C(=O)C(CC(=O)NCCc2ccccn2)CC(C(=O)N2CCCCCC2)=C1C. The van der Waals surface area contributed by atoms with Crippen LogP contribution in [-0.2, 0) is 20.8 Å². The molecule has 2 aliphatic heterocycles. The van der Waals surface area contributed by atoms with Gasteiger partial charge in [-0.25, -0.2) is 0 Å². The van der Waals surface area contributed by atoms with Crippen LogP contribution in [0.3, 0.4) is 0 Å². The van der Waals surface area contributed by atoms with E-state index in [0.717, 1.165) is 63.0 Å². The Hall–Kier alpha value is -2.70. The van der Waals surface area contributed by atoms with Gasteiger partial charge < -0.3 is 15.1 Å². The highest BCUT2D eigenvalue weighted by Crippen LogP contribution is 2.31. The first-order valence-corrected chi connectivity index (χ1v) is 12.5. The van der Waals surface area contributed by atoms with Gasteiger partial charge in [-0.3, -0.25) is 19.4 Å². The molecular weight excluding hydrogens is 416 g/mol. The Labute approximate surface area is 197 Å². The Morgan fingerprint density at radius 1 is 1.15 bits per heavy atom. The van der Waals surface area contributed by atoms with Crippen LogP contribution in [-0.4, -0.2) is 58.7 Å². The van der Waals surface area contributed by atoms with Crippen molar-refractivity contribution < 1.29 is 14.4 Å². The quantitative estimate of drug-likeness (QED) is 0.620. The molecule has 1 saturated heterocycles. The van der Waals surface area contributed by atoms with Crippen molar-refractivity contribution >= 4 is 17.7 Å². The predicted molar refractivity (Wildman–Crippen MR) is 128 cm³/mol. The van der Waals surface area contributed by atoms with Gasteiger partial charge in [0, 0.05) is 62.2 Å². The summed E-state index contributed by atoms with van der Waals surface area (Å²) in [5.74, 6) is -0.635. The van der Waals surface area contributed by atoms with E-state index in [2.05, 4.69) is 17.2 Å². The van der Waals surface area contributed by atoms with Crippen molar-refractivity contribution in [1.29, 1.82) is 0 Å². The number of nitrogens with zero attached hydrogens (tertiary/aromatic N) is 3. The average Bonchev–Trinajstić information content (AvgIpc) is 3.11. The van der Waals surface area contributed by atoms with Crippen molar-refractivity contribution in [3.63, 3.8) is 0 Å². The fraction of sp³-hybridized carbons (Fsp3) is 0.615. The highest BCUT2D eigenvalue weighted by atomic mass is 16.2. The third-order valence-corrected chi connectivity index (χ3v) is 6.66. The summed E-state index contributed by atoms with van der Waals surface area (Å²) in [4.78, 5) is 47.3. The van der Waals surface area contributed by atoms with E-state index in [9.17, 15) is 14.4 Å². The van der Waals surface area contributed by atoms with Crippen LogP contribution in [0.5, 0.6) is 0 Å². The lowest BCUT2D eigenvalue weighted by atomic mass is 9.88. The first-order valence-electron chi connectivity index (χ1n) is 12.5. The van der Waals surface area contributed by atoms with Gasteiger partial charge in [0.2, 0.25) is 11.8 Å². The summed E-state index contributed by atoms with van der Waals surface area (Å²) < 4.78 is 0. The van der Waals surface area contributed by atoms with Crippen LogP contribution in [0.4, 0.5) is 0 Å². The third-order valence-electron chi connectivity index (χ3n) is 6.66. The van der Waals surface area contributed by atoms with E-state index in [1.807, 2.05) is 30.0 Å². The van der Waals surface area contributed by atoms with E-state index in [1.165, 1.54) is 0 Å². The number of nitrogens with one attached hydrogen (secondary N) is 1. The lowest BCUT2D eigenvalue weighted by molar-refractivity contribution is -0.138. The Morgan fingerprint density at radius 2 is 1.91 bits per heavy atom. The van der Waals surface area contributed by atoms with Gasteiger partial charge in [-0.1, -0.05) is 32.3 Å². The van der Waals surface area contributed by atoms with Crippen LogP contribution in [0.2, 0.25) is 0 Å². The van der Waals surface area contributed by atoms with E-state index < -0.39 is 5.92 Å². The molecule has 7 nitrogen and oxygen atoms in total. The molecule has 3 amide bonds. The zero-order valence-corrected chi connectivity index (χ0v) is 20.1. The van der Waals surface area contributed by atoms with Crippen LogP contribution in [0.15, 0.2) is 35.7 Å². The molecule has 0 aliphatic carbocycles. The molecule has 180 valence electrons. The average molecular weight is 455 g/mol. The molecule has 1 aromatic heterocycles. The molecule has 0 radical (unpaired) electrons. The molecule has 1 N–H and O–H groups in total. The molecule has 3 rings (SSSR count). The second-order valence-corrected chi connectivity index (χ2v) is 9.14.